The minimum atomic E-state index is 0.693. The van der Waals surface area contributed by atoms with Crippen LogP contribution >= 0.6 is 11.3 Å². The minimum Gasteiger partial charge on any atom is -0.308 e. The van der Waals surface area contributed by atoms with Crippen LogP contribution < -0.4 is 5.32 Å². The topological polar surface area (TPSA) is 24.9 Å². The smallest absolute Gasteiger partial charge is 0.0897 e. The molecule has 3 unspecified atom stereocenters. The maximum atomic E-state index is 4.49. The van der Waals surface area contributed by atoms with Crippen LogP contribution in [-0.4, -0.2) is 11.0 Å². The zero-order valence-corrected chi connectivity index (χ0v) is 11.3. The van der Waals surface area contributed by atoms with Crippen molar-refractivity contribution in [1.82, 2.24) is 10.3 Å². The summed E-state index contributed by atoms with van der Waals surface area (Å²) < 4.78 is 0. The Morgan fingerprint density at radius 2 is 2.25 bits per heavy atom. The molecule has 0 amide bonds. The van der Waals surface area contributed by atoms with Gasteiger partial charge >= 0.3 is 0 Å². The van der Waals surface area contributed by atoms with Gasteiger partial charge in [0, 0.05) is 18.0 Å². The number of aromatic nitrogens is 1. The summed E-state index contributed by atoms with van der Waals surface area (Å²) in [6.45, 7) is 7.75. The summed E-state index contributed by atoms with van der Waals surface area (Å²) in [5.41, 5.74) is 1.20. The highest BCUT2D eigenvalue weighted by Crippen LogP contribution is 2.28. The van der Waals surface area contributed by atoms with E-state index in [-0.39, 0.29) is 0 Å². The van der Waals surface area contributed by atoms with E-state index in [9.17, 15) is 0 Å². The first-order chi connectivity index (χ1) is 7.65. The van der Waals surface area contributed by atoms with E-state index >= 15 is 0 Å². The second-order valence-corrected chi connectivity index (χ2v) is 6.30. The molecular weight excluding hydrogens is 216 g/mol. The fourth-order valence-electron chi connectivity index (χ4n) is 2.69. The minimum absolute atomic E-state index is 0.693. The Labute approximate surface area is 102 Å². The van der Waals surface area contributed by atoms with Crippen molar-refractivity contribution in [2.45, 2.75) is 52.6 Å². The Morgan fingerprint density at radius 1 is 1.44 bits per heavy atom. The first kappa shape index (κ1) is 12.1. The Balaban J connectivity index is 1.81. The van der Waals surface area contributed by atoms with Crippen LogP contribution in [0.2, 0.25) is 0 Å². The second kappa shape index (κ2) is 5.28. The van der Waals surface area contributed by atoms with Crippen molar-refractivity contribution < 1.29 is 0 Å². The van der Waals surface area contributed by atoms with Gasteiger partial charge < -0.3 is 5.32 Å². The van der Waals surface area contributed by atoms with Gasteiger partial charge in [-0.2, -0.15) is 0 Å². The molecule has 1 aromatic rings. The molecule has 3 atom stereocenters. The maximum Gasteiger partial charge on any atom is 0.0897 e. The van der Waals surface area contributed by atoms with Crippen LogP contribution in [0.1, 0.15) is 43.8 Å². The number of thiazole rings is 1. The van der Waals surface area contributed by atoms with Gasteiger partial charge in [0.15, 0.2) is 0 Å². The third-order valence-corrected chi connectivity index (χ3v) is 4.47. The molecule has 16 heavy (non-hydrogen) atoms. The molecule has 1 heterocycles. The number of aryl methyl sites for hydroxylation is 1. The Bertz CT molecular complexity index is 334. The van der Waals surface area contributed by atoms with Crippen molar-refractivity contribution in [2.24, 2.45) is 11.8 Å². The van der Waals surface area contributed by atoms with E-state index < -0.39 is 0 Å². The largest absolute Gasteiger partial charge is 0.308 e. The average molecular weight is 238 g/mol. The maximum absolute atomic E-state index is 4.49. The molecule has 0 aromatic carbocycles. The lowest BCUT2D eigenvalue weighted by Crippen LogP contribution is -2.38. The first-order valence-electron chi connectivity index (χ1n) is 6.29. The predicted octanol–water partition coefficient (Wildman–Crippen LogP) is 3.37. The molecule has 1 aliphatic carbocycles. The summed E-state index contributed by atoms with van der Waals surface area (Å²) in [6.07, 6.45) is 4.07. The van der Waals surface area contributed by atoms with E-state index in [2.05, 4.69) is 36.5 Å². The lowest BCUT2D eigenvalue weighted by atomic mass is 9.80. The van der Waals surface area contributed by atoms with Crippen molar-refractivity contribution in [1.29, 1.82) is 0 Å². The third-order valence-electron chi connectivity index (χ3n) is 3.64. The van der Waals surface area contributed by atoms with Crippen molar-refractivity contribution in [3.05, 3.63) is 16.1 Å². The van der Waals surface area contributed by atoms with Crippen LogP contribution in [0.5, 0.6) is 0 Å². The summed E-state index contributed by atoms with van der Waals surface area (Å²) in [5, 5.41) is 7.00. The van der Waals surface area contributed by atoms with Gasteiger partial charge in [-0.1, -0.05) is 13.8 Å². The van der Waals surface area contributed by atoms with Crippen LogP contribution in [0.4, 0.5) is 0 Å². The van der Waals surface area contributed by atoms with Crippen LogP contribution in [0, 0.1) is 18.8 Å². The van der Waals surface area contributed by atoms with Gasteiger partial charge in [0.1, 0.15) is 0 Å². The van der Waals surface area contributed by atoms with E-state index in [0.717, 1.165) is 18.4 Å². The molecule has 3 heteroatoms. The van der Waals surface area contributed by atoms with Gasteiger partial charge in [-0.25, -0.2) is 4.98 Å². The van der Waals surface area contributed by atoms with Gasteiger partial charge in [-0.15, -0.1) is 11.3 Å². The number of hydrogen-bond acceptors (Lipinski definition) is 3. The normalized spacial score (nSPS) is 30.6. The van der Waals surface area contributed by atoms with Crippen molar-refractivity contribution in [3.63, 3.8) is 0 Å². The van der Waals surface area contributed by atoms with Crippen molar-refractivity contribution in [2.75, 3.05) is 0 Å². The fraction of sp³-hybridized carbons (Fsp3) is 0.769. The zero-order valence-electron chi connectivity index (χ0n) is 10.5. The molecule has 1 N–H and O–H groups in total. The van der Waals surface area contributed by atoms with Gasteiger partial charge in [-0.05, 0) is 38.0 Å². The molecule has 0 aliphatic heterocycles. The standard InChI is InChI=1S/C13H22N2S/c1-9-4-5-13(10(2)6-9)14-7-12-8-16-11(3)15-12/h8-10,13-14H,4-7H2,1-3H3. The highest BCUT2D eigenvalue weighted by atomic mass is 32.1. The van der Waals surface area contributed by atoms with E-state index in [1.807, 2.05) is 0 Å². The lowest BCUT2D eigenvalue weighted by Gasteiger charge is -2.33. The predicted molar refractivity (Wildman–Crippen MR) is 69.7 cm³/mol. The van der Waals surface area contributed by atoms with E-state index in [1.54, 1.807) is 11.3 Å². The molecule has 1 saturated carbocycles. The molecule has 2 rings (SSSR count). The molecule has 0 spiro atoms. The van der Waals surface area contributed by atoms with Gasteiger partial charge in [0.05, 0.1) is 10.7 Å². The average Bonchev–Trinajstić information content (AvgIpc) is 2.63. The van der Waals surface area contributed by atoms with E-state index in [1.165, 1.54) is 30.0 Å². The van der Waals surface area contributed by atoms with Crippen LogP contribution in [0.3, 0.4) is 0 Å². The van der Waals surface area contributed by atoms with E-state index in [4.69, 9.17) is 0 Å². The first-order valence-corrected chi connectivity index (χ1v) is 7.17. The molecule has 1 aromatic heterocycles. The van der Waals surface area contributed by atoms with Crippen LogP contribution in [0.15, 0.2) is 5.38 Å². The SMILES string of the molecule is Cc1nc(CNC2CCC(C)CC2C)cs1. The summed E-state index contributed by atoms with van der Waals surface area (Å²) in [4.78, 5) is 4.49. The quantitative estimate of drug-likeness (QED) is 0.873. The summed E-state index contributed by atoms with van der Waals surface area (Å²) in [5.74, 6) is 1.72. The second-order valence-electron chi connectivity index (χ2n) is 5.24. The van der Waals surface area contributed by atoms with Gasteiger partial charge in [0.25, 0.3) is 0 Å². The van der Waals surface area contributed by atoms with Crippen LogP contribution in [-0.2, 0) is 6.54 Å². The molecular formula is C13H22N2S. The summed E-state index contributed by atoms with van der Waals surface area (Å²) in [6, 6.07) is 0.693. The molecule has 2 nitrogen and oxygen atoms in total. The molecule has 1 fully saturated rings. The number of nitrogens with zero attached hydrogens (tertiary/aromatic N) is 1. The van der Waals surface area contributed by atoms with Gasteiger partial charge in [0.2, 0.25) is 0 Å². The molecule has 90 valence electrons. The van der Waals surface area contributed by atoms with Gasteiger partial charge in [-0.3, -0.25) is 0 Å². The van der Waals surface area contributed by atoms with E-state index in [0.29, 0.717) is 6.04 Å². The molecule has 0 radical (unpaired) electrons. The Hall–Kier alpha value is -0.410. The van der Waals surface area contributed by atoms with Crippen molar-refractivity contribution in [3.8, 4) is 0 Å². The Morgan fingerprint density at radius 3 is 2.88 bits per heavy atom. The highest BCUT2D eigenvalue weighted by molar-refractivity contribution is 7.09. The monoisotopic (exact) mass is 238 g/mol. The Kier molecular flexibility index (Phi) is 3.98. The number of rotatable bonds is 3. The van der Waals surface area contributed by atoms with Crippen LogP contribution in [0.25, 0.3) is 0 Å². The van der Waals surface area contributed by atoms with Crippen molar-refractivity contribution >= 4 is 11.3 Å². The summed E-state index contributed by atoms with van der Waals surface area (Å²) >= 11 is 1.74. The highest BCUT2D eigenvalue weighted by Gasteiger charge is 2.24. The molecule has 0 saturated heterocycles. The number of hydrogen-bond donors (Lipinski definition) is 1. The lowest BCUT2D eigenvalue weighted by molar-refractivity contribution is 0.227. The number of nitrogens with one attached hydrogen (secondary N) is 1. The summed E-state index contributed by atoms with van der Waals surface area (Å²) in [7, 11) is 0. The zero-order chi connectivity index (χ0) is 11.5. The fourth-order valence-corrected chi connectivity index (χ4v) is 3.31. The molecule has 1 aliphatic rings. The molecule has 0 bridgehead atoms. The third kappa shape index (κ3) is 3.05.